The van der Waals surface area contributed by atoms with Crippen molar-refractivity contribution in [3.8, 4) is 11.3 Å². The maximum Gasteiger partial charge on any atom is 0.225 e. The summed E-state index contributed by atoms with van der Waals surface area (Å²) in [6, 6.07) is 12.0. The Hall–Kier alpha value is -2.00. The van der Waals surface area contributed by atoms with Gasteiger partial charge in [0, 0.05) is 16.6 Å². The molecule has 0 aliphatic rings. The molecule has 94 valence electrons. The maximum absolute atomic E-state index is 6.00. The molecule has 3 aromatic rings. The van der Waals surface area contributed by atoms with Crippen LogP contribution in [0.2, 0.25) is 5.28 Å². The van der Waals surface area contributed by atoms with E-state index in [1.54, 1.807) is 0 Å². The highest BCUT2D eigenvalue weighted by molar-refractivity contribution is 6.28. The van der Waals surface area contributed by atoms with E-state index in [1.165, 1.54) is 0 Å². The number of fused-ring (bicyclic) bond motifs is 1. The lowest BCUT2D eigenvalue weighted by Gasteiger charge is -2.08. The van der Waals surface area contributed by atoms with E-state index in [1.807, 2.05) is 44.2 Å². The van der Waals surface area contributed by atoms with Gasteiger partial charge in [0.25, 0.3) is 0 Å². The highest BCUT2D eigenvalue weighted by atomic mass is 35.5. The van der Waals surface area contributed by atoms with Gasteiger partial charge in [-0.15, -0.1) is 0 Å². The lowest BCUT2D eigenvalue weighted by molar-refractivity contribution is 1.13. The molecule has 0 radical (unpaired) electrons. The number of halogens is 1. The van der Waals surface area contributed by atoms with Gasteiger partial charge in [-0.2, -0.15) is 4.98 Å². The second-order valence-corrected chi connectivity index (χ2v) is 4.81. The first-order valence-electron chi connectivity index (χ1n) is 6.02. The molecule has 2 aromatic heterocycles. The molecule has 0 saturated heterocycles. The topological polar surface area (TPSA) is 38.7 Å². The van der Waals surface area contributed by atoms with E-state index < -0.39 is 0 Å². The molecule has 2 heterocycles. The molecule has 0 N–H and O–H groups in total. The lowest BCUT2D eigenvalue weighted by atomic mass is 10.1. The van der Waals surface area contributed by atoms with Crippen LogP contribution in [0.4, 0.5) is 0 Å². The second kappa shape index (κ2) is 4.59. The Bertz CT molecular complexity index is 754. The Kier molecular flexibility index (Phi) is 2.91. The van der Waals surface area contributed by atoms with E-state index in [0.29, 0.717) is 5.65 Å². The number of rotatable bonds is 1. The number of aryl methyl sites for hydroxylation is 2. The summed E-state index contributed by atoms with van der Waals surface area (Å²) >= 11 is 6.00. The first-order chi connectivity index (χ1) is 9.15. The molecule has 0 aliphatic carbocycles. The molecular formula is C15H12ClN3. The van der Waals surface area contributed by atoms with Crippen LogP contribution >= 0.6 is 11.6 Å². The number of aromatic nitrogens is 3. The van der Waals surface area contributed by atoms with Crippen LogP contribution in [0.5, 0.6) is 0 Å². The molecule has 19 heavy (non-hydrogen) atoms. The lowest BCUT2D eigenvalue weighted by Crippen LogP contribution is -1.96. The average molecular weight is 270 g/mol. The van der Waals surface area contributed by atoms with Crippen LogP contribution in [0.15, 0.2) is 36.4 Å². The minimum absolute atomic E-state index is 0.224. The van der Waals surface area contributed by atoms with Crippen LogP contribution in [-0.4, -0.2) is 15.0 Å². The summed E-state index contributed by atoms with van der Waals surface area (Å²) in [7, 11) is 0. The Morgan fingerprint density at radius 2 is 1.68 bits per heavy atom. The number of pyridine rings is 1. The van der Waals surface area contributed by atoms with Gasteiger partial charge in [-0.05, 0) is 37.1 Å². The molecule has 0 unspecified atom stereocenters. The van der Waals surface area contributed by atoms with Crippen LogP contribution < -0.4 is 0 Å². The molecule has 0 fully saturated rings. The number of hydrogen-bond acceptors (Lipinski definition) is 3. The van der Waals surface area contributed by atoms with Crippen molar-refractivity contribution in [2.45, 2.75) is 13.8 Å². The van der Waals surface area contributed by atoms with Crippen LogP contribution in [0.1, 0.15) is 11.3 Å². The van der Waals surface area contributed by atoms with Gasteiger partial charge in [-0.1, -0.05) is 30.3 Å². The number of nitrogens with zero attached hydrogens (tertiary/aromatic N) is 3. The van der Waals surface area contributed by atoms with Gasteiger partial charge in [0.2, 0.25) is 5.28 Å². The third-order valence-electron chi connectivity index (χ3n) is 3.15. The van der Waals surface area contributed by atoms with E-state index in [9.17, 15) is 0 Å². The predicted molar refractivity (Wildman–Crippen MR) is 77.3 cm³/mol. The normalized spacial score (nSPS) is 10.9. The fraction of sp³-hybridized carbons (Fsp3) is 0.133. The first-order valence-corrected chi connectivity index (χ1v) is 6.40. The van der Waals surface area contributed by atoms with Crippen molar-refractivity contribution in [3.63, 3.8) is 0 Å². The van der Waals surface area contributed by atoms with Crippen LogP contribution in [0.3, 0.4) is 0 Å². The fourth-order valence-corrected chi connectivity index (χ4v) is 2.20. The van der Waals surface area contributed by atoms with Crippen molar-refractivity contribution in [1.29, 1.82) is 0 Å². The molecule has 0 bridgehead atoms. The highest BCUT2D eigenvalue weighted by Crippen LogP contribution is 2.27. The minimum Gasteiger partial charge on any atom is -0.233 e. The summed E-state index contributed by atoms with van der Waals surface area (Å²) in [5.41, 5.74) is 4.56. The zero-order valence-corrected chi connectivity index (χ0v) is 11.4. The van der Waals surface area contributed by atoms with Crippen molar-refractivity contribution >= 4 is 22.6 Å². The third-order valence-corrected chi connectivity index (χ3v) is 3.32. The molecule has 4 heteroatoms. The summed E-state index contributed by atoms with van der Waals surface area (Å²) in [6.07, 6.45) is 0. The first kappa shape index (κ1) is 12.1. The summed E-state index contributed by atoms with van der Waals surface area (Å²) in [4.78, 5) is 13.1. The average Bonchev–Trinajstić information content (AvgIpc) is 2.41. The van der Waals surface area contributed by atoms with Crippen molar-refractivity contribution in [2.24, 2.45) is 0 Å². The van der Waals surface area contributed by atoms with Gasteiger partial charge in [0.1, 0.15) is 0 Å². The van der Waals surface area contributed by atoms with Crippen LogP contribution in [0, 0.1) is 13.8 Å². The van der Waals surface area contributed by atoms with Gasteiger partial charge in [-0.25, -0.2) is 9.97 Å². The van der Waals surface area contributed by atoms with Gasteiger partial charge < -0.3 is 0 Å². The second-order valence-electron chi connectivity index (χ2n) is 4.47. The van der Waals surface area contributed by atoms with Gasteiger partial charge >= 0.3 is 0 Å². The minimum atomic E-state index is 0.224. The predicted octanol–water partition coefficient (Wildman–Crippen LogP) is 3.96. The van der Waals surface area contributed by atoms with Crippen molar-refractivity contribution < 1.29 is 0 Å². The SMILES string of the molecule is Cc1cc2c(-c3ccccc3)nc(Cl)nc2nc1C. The smallest absolute Gasteiger partial charge is 0.225 e. The van der Waals surface area contributed by atoms with E-state index in [0.717, 1.165) is 27.9 Å². The van der Waals surface area contributed by atoms with Gasteiger partial charge in [0.05, 0.1) is 5.69 Å². The number of hydrogen-bond donors (Lipinski definition) is 0. The van der Waals surface area contributed by atoms with E-state index in [2.05, 4.69) is 21.0 Å². The molecule has 1 aromatic carbocycles. The summed E-state index contributed by atoms with van der Waals surface area (Å²) < 4.78 is 0. The molecule has 0 aliphatic heterocycles. The molecule has 0 spiro atoms. The molecule has 0 saturated carbocycles. The molecule has 3 rings (SSSR count). The molecular weight excluding hydrogens is 258 g/mol. The highest BCUT2D eigenvalue weighted by Gasteiger charge is 2.11. The number of benzene rings is 1. The summed E-state index contributed by atoms with van der Waals surface area (Å²) in [5.74, 6) is 0. The Balaban J connectivity index is 2.38. The van der Waals surface area contributed by atoms with E-state index >= 15 is 0 Å². The molecule has 0 atom stereocenters. The maximum atomic E-state index is 6.00. The largest absolute Gasteiger partial charge is 0.233 e. The van der Waals surface area contributed by atoms with Crippen molar-refractivity contribution in [1.82, 2.24) is 15.0 Å². The van der Waals surface area contributed by atoms with E-state index in [-0.39, 0.29) is 5.28 Å². The quantitative estimate of drug-likeness (QED) is 0.628. The van der Waals surface area contributed by atoms with Gasteiger partial charge in [0.15, 0.2) is 5.65 Å². The van der Waals surface area contributed by atoms with Gasteiger partial charge in [-0.3, -0.25) is 0 Å². The van der Waals surface area contributed by atoms with Crippen molar-refractivity contribution in [2.75, 3.05) is 0 Å². The monoisotopic (exact) mass is 269 g/mol. The summed E-state index contributed by atoms with van der Waals surface area (Å²) in [6.45, 7) is 4.00. The fourth-order valence-electron chi connectivity index (χ4n) is 2.03. The Labute approximate surface area is 116 Å². The zero-order valence-electron chi connectivity index (χ0n) is 10.7. The van der Waals surface area contributed by atoms with E-state index in [4.69, 9.17) is 11.6 Å². The third kappa shape index (κ3) is 2.17. The Morgan fingerprint density at radius 3 is 2.42 bits per heavy atom. The molecule has 3 nitrogen and oxygen atoms in total. The Morgan fingerprint density at radius 1 is 0.947 bits per heavy atom. The summed E-state index contributed by atoms with van der Waals surface area (Å²) in [5, 5.41) is 1.15. The van der Waals surface area contributed by atoms with Crippen molar-refractivity contribution in [3.05, 3.63) is 52.9 Å². The van der Waals surface area contributed by atoms with Crippen LogP contribution in [-0.2, 0) is 0 Å². The standard InChI is InChI=1S/C15H12ClN3/c1-9-8-12-13(11-6-4-3-5-7-11)18-15(16)19-14(12)17-10(9)2/h3-8H,1-2H3. The molecule has 0 amide bonds. The van der Waals surface area contributed by atoms with Crippen LogP contribution in [0.25, 0.3) is 22.3 Å². The zero-order chi connectivity index (χ0) is 13.4.